The Morgan fingerprint density at radius 1 is 0.923 bits per heavy atom. The molecule has 0 saturated heterocycles. The smallest absolute Gasteiger partial charge is 0.367 e. The number of anilines is 1. The monoisotopic (exact) mass is 533 g/mol. The highest BCUT2D eigenvalue weighted by molar-refractivity contribution is 5.95. The summed E-state index contributed by atoms with van der Waals surface area (Å²) in [5, 5.41) is 6.41. The van der Waals surface area contributed by atoms with Crippen molar-refractivity contribution in [2.45, 2.75) is 50.7 Å². The Morgan fingerprint density at radius 3 is 2.31 bits per heavy atom. The van der Waals surface area contributed by atoms with Crippen LogP contribution < -0.4 is 10.6 Å². The Balaban J connectivity index is 1.27. The molecule has 9 heteroatoms. The predicted molar refractivity (Wildman–Crippen MR) is 144 cm³/mol. The number of carbonyl (C=O) groups excluding carboxylic acids is 1. The van der Waals surface area contributed by atoms with Crippen molar-refractivity contribution in [1.82, 2.24) is 19.7 Å². The van der Waals surface area contributed by atoms with Crippen LogP contribution in [0.4, 0.5) is 19.0 Å². The minimum atomic E-state index is -4.11. The average molecular weight is 534 g/mol. The van der Waals surface area contributed by atoms with Crippen LogP contribution in [0.15, 0.2) is 67.0 Å². The number of hydrogen-bond acceptors (Lipinski definition) is 4. The van der Waals surface area contributed by atoms with Crippen LogP contribution in [-0.4, -0.2) is 39.0 Å². The van der Waals surface area contributed by atoms with Gasteiger partial charge in [0.05, 0.1) is 23.5 Å². The molecule has 2 aromatic carbocycles. The van der Waals surface area contributed by atoms with Gasteiger partial charge in [0.1, 0.15) is 0 Å². The zero-order chi connectivity index (χ0) is 27.0. The number of benzene rings is 2. The molecular formula is C30H30F3N5O. The molecule has 2 fully saturated rings. The number of imidazole rings is 1. The van der Waals surface area contributed by atoms with E-state index >= 15 is 0 Å². The summed E-state index contributed by atoms with van der Waals surface area (Å²) in [5.41, 5.74) is 4.73. The molecule has 2 aromatic heterocycles. The van der Waals surface area contributed by atoms with Gasteiger partial charge in [0, 0.05) is 35.5 Å². The molecular weight excluding hydrogens is 503 g/mol. The molecule has 0 bridgehead atoms. The highest BCUT2D eigenvalue weighted by atomic mass is 19.4. The highest BCUT2D eigenvalue weighted by Gasteiger charge is 2.41. The maximum Gasteiger partial charge on any atom is 0.391 e. The number of halogens is 3. The molecule has 0 radical (unpaired) electrons. The SMILES string of the molecule is O=C(NC1CC1)c1ccc(-c2cnc3c(NCC4CCC(C(F)(F)F)CC4)nc(-c4ccccc4)cn23)cc1. The maximum absolute atomic E-state index is 13.1. The fourth-order valence-electron chi connectivity index (χ4n) is 5.29. The minimum Gasteiger partial charge on any atom is -0.367 e. The fourth-order valence-corrected chi connectivity index (χ4v) is 5.29. The van der Waals surface area contributed by atoms with Crippen molar-refractivity contribution in [2.75, 3.05) is 11.9 Å². The zero-order valence-electron chi connectivity index (χ0n) is 21.4. The number of aromatic nitrogens is 3. The Morgan fingerprint density at radius 2 is 1.64 bits per heavy atom. The molecule has 0 spiro atoms. The molecule has 39 heavy (non-hydrogen) atoms. The van der Waals surface area contributed by atoms with Crippen LogP contribution in [0.3, 0.4) is 0 Å². The van der Waals surface area contributed by atoms with Crippen molar-refractivity contribution in [3.05, 3.63) is 72.6 Å². The second kappa shape index (κ2) is 10.4. The highest BCUT2D eigenvalue weighted by Crippen LogP contribution is 2.39. The molecule has 2 heterocycles. The molecule has 1 amide bonds. The Kier molecular flexibility index (Phi) is 6.74. The van der Waals surface area contributed by atoms with Crippen molar-refractivity contribution >= 4 is 17.4 Å². The number of nitrogens with zero attached hydrogens (tertiary/aromatic N) is 3. The standard InChI is InChI=1S/C30H30F3N5O/c31-30(32,33)23-12-6-19(7-13-23)16-34-27-28-35-17-26(38(28)18-25(37-27)20-4-2-1-3-5-20)21-8-10-22(11-9-21)29(39)36-24-14-15-24/h1-5,8-11,17-19,23-24H,6-7,12-16H2,(H,34,37)(H,36,39). The molecule has 2 aliphatic rings. The van der Waals surface area contributed by atoms with Crippen LogP contribution in [-0.2, 0) is 0 Å². The number of rotatable bonds is 7. The van der Waals surface area contributed by atoms with Gasteiger partial charge in [-0.15, -0.1) is 0 Å². The first-order valence-corrected chi connectivity index (χ1v) is 13.5. The molecule has 0 unspecified atom stereocenters. The van der Waals surface area contributed by atoms with E-state index in [0.29, 0.717) is 42.5 Å². The molecule has 6 rings (SSSR count). The molecule has 2 aliphatic carbocycles. The van der Waals surface area contributed by atoms with Crippen LogP contribution in [0, 0.1) is 11.8 Å². The van der Waals surface area contributed by atoms with Gasteiger partial charge in [-0.3, -0.25) is 9.20 Å². The quantitative estimate of drug-likeness (QED) is 0.276. The lowest BCUT2D eigenvalue weighted by atomic mass is 9.81. The van der Waals surface area contributed by atoms with Gasteiger partial charge < -0.3 is 10.6 Å². The first-order valence-electron chi connectivity index (χ1n) is 13.5. The van der Waals surface area contributed by atoms with Gasteiger partial charge in [0.15, 0.2) is 11.5 Å². The first kappa shape index (κ1) is 25.4. The van der Waals surface area contributed by atoms with Crippen molar-refractivity contribution in [3.63, 3.8) is 0 Å². The van der Waals surface area contributed by atoms with E-state index in [4.69, 9.17) is 4.98 Å². The van der Waals surface area contributed by atoms with E-state index in [1.807, 2.05) is 65.2 Å². The van der Waals surface area contributed by atoms with Gasteiger partial charge in [0.25, 0.3) is 5.91 Å². The lowest BCUT2D eigenvalue weighted by Gasteiger charge is -2.30. The van der Waals surface area contributed by atoms with E-state index in [-0.39, 0.29) is 24.7 Å². The summed E-state index contributed by atoms with van der Waals surface area (Å²) in [6, 6.07) is 17.6. The Hall–Kier alpha value is -3.88. The number of hydrogen-bond donors (Lipinski definition) is 2. The lowest BCUT2D eigenvalue weighted by Crippen LogP contribution is -2.30. The summed E-state index contributed by atoms with van der Waals surface area (Å²) in [6.07, 6.45) is 3.10. The summed E-state index contributed by atoms with van der Waals surface area (Å²) >= 11 is 0. The summed E-state index contributed by atoms with van der Waals surface area (Å²) in [4.78, 5) is 21.9. The van der Waals surface area contributed by atoms with Gasteiger partial charge in [-0.25, -0.2) is 9.97 Å². The normalized spacial score (nSPS) is 19.7. The Bertz CT molecular complexity index is 1450. The number of carbonyl (C=O) groups is 1. The van der Waals surface area contributed by atoms with Gasteiger partial charge in [-0.1, -0.05) is 42.5 Å². The third kappa shape index (κ3) is 5.62. The molecule has 6 nitrogen and oxygen atoms in total. The van der Waals surface area contributed by atoms with Crippen molar-refractivity contribution in [3.8, 4) is 22.5 Å². The van der Waals surface area contributed by atoms with Crippen LogP contribution in [0.1, 0.15) is 48.9 Å². The third-order valence-electron chi connectivity index (χ3n) is 7.79. The lowest BCUT2D eigenvalue weighted by molar-refractivity contribution is -0.183. The van der Waals surface area contributed by atoms with Gasteiger partial charge >= 0.3 is 6.18 Å². The van der Waals surface area contributed by atoms with E-state index < -0.39 is 12.1 Å². The summed E-state index contributed by atoms with van der Waals surface area (Å²) in [5.74, 6) is -0.509. The van der Waals surface area contributed by atoms with E-state index in [1.54, 1.807) is 6.20 Å². The van der Waals surface area contributed by atoms with Crippen molar-refractivity contribution < 1.29 is 18.0 Å². The first-order chi connectivity index (χ1) is 18.8. The largest absolute Gasteiger partial charge is 0.391 e. The summed E-state index contributed by atoms with van der Waals surface area (Å²) < 4.78 is 41.3. The van der Waals surface area contributed by atoms with Crippen LogP contribution >= 0.6 is 0 Å². The van der Waals surface area contributed by atoms with Gasteiger partial charge in [-0.05, 0) is 56.6 Å². The predicted octanol–water partition coefficient (Wildman–Crippen LogP) is 6.74. The second-order valence-corrected chi connectivity index (χ2v) is 10.6. The summed E-state index contributed by atoms with van der Waals surface area (Å²) in [7, 11) is 0. The molecule has 2 saturated carbocycles. The molecule has 4 aromatic rings. The fraction of sp³-hybridized carbons (Fsp3) is 0.367. The number of fused-ring (bicyclic) bond motifs is 1. The van der Waals surface area contributed by atoms with Crippen molar-refractivity contribution in [2.24, 2.45) is 11.8 Å². The second-order valence-electron chi connectivity index (χ2n) is 10.6. The molecule has 2 N–H and O–H groups in total. The van der Waals surface area contributed by atoms with E-state index in [1.165, 1.54) is 0 Å². The van der Waals surface area contributed by atoms with E-state index in [2.05, 4.69) is 15.6 Å². The Labute approximate surface area is 224 Å². The topological polar surface area (TPSA) is 71.3 Å². The zero-order valence-corrected chi connectivity index (χ0v) is 21.4. The van der Waals surface area contributed by atoms with Crippen LogP contribution in [0.2, 0.25) is 0 Å². The number of amides is 1. The van der Waals surface area contributed by atoms with E-state index in [0.717, 1.165) is 35.4 Å². The maximum atomic E-state index is 13.1. The molecule has 202 valence electrons. The van der Waals surface area contributed by atoms with Crippen molar-refractivity contribution in [1.29, 1.82) is 0 Å². The van der Waals surface area contributed by atoms with E-state index in [9.17, 15) is 18.0 Å². The van der Waals surface area contributed by atoms with Gasteiger partial charge in [0.2, 0.25) is 0 Å². The summed E-state index contributed by atoms with van der Waals surface area (Å²) in [6.45, 7) is 0.540. The number of alkyl halides is 3. The third-order valence-corrected chi connectivity index (χ3v) is 7.79. The van der Waals surface area contributed by atoms with Crippen LogP contribution in [0.25, 0.3) is 28.2 Å². The molecule has 0 atom stereocenters. The molecule has 0 aliphatic heterocycles. The van der Waals surface area contributed by atoms with Crippen LogP contribution in [0.5, 0.6) is 0 Å². The minimum absolute atomic E-state index is 0.0616. The van der Waals surface area contributed by atoms with Gasteiger partial charge in [-0.2, -0.15) is 13.2 Å². The number of nitrogens with one attached hydrogen (secondary N) is 2. The average Bonchev–Trinajstić information content (AvgIpc) is 3.66.